The number of ether oxygens (including phenoxy) is 2. The molecular weight excluding hydrogens is 308 g/mol. The molecule has 1 aromatic heterocycles. The third-order valence-electron chi connectivity index (χ3n) is 4.19. The quantitative estimate of drug-likeness (QED) is 0.895. The fourth-order valence-electron chi connectivity index (χ4n) is 3.25. The van der Waals surface area contributed by atoms with E-state index in [-0.39, 0.29) is 17.7 Å². The number of hydrogen-bond acceptors (Lipinski definition) is 5. The molecule has 0 saturated carbocycles. The first-order chi connectivity index (χ1) is 11.4. The number of morpholine rings is 2. The van der Waals surface area contributed by atoms with Gasteiger partial charge in [-0.25, -0.2) is 9.78 Å². The number of hydrogen-bond donors (Lipinski definition) is 1. The van der Waals surface area contributed by atoms with Gasteiger partial charge in [-0.05, 0) is 32.9 Å². The van der Waals surface area contributed by atoms with Gasteiger partial charge in [0.15, 0.2) is 0 Å². The molecule has 0 radical (unpaired) electrons. The van der Waals surface area contributed by atoms with Crippen molar-refractivity contribution in [2.24, 2.45) is 0 Å². The molecule has 7 heteroatoms. The van der Waals surface area contributed by atoms with E-state index in [1.54, 1.807) is 11.1 Å². The Morgan fingerprint density at radius 1 is 1.33 bits per heavy atom. The number of aromatic nitrogens is 1. The third-order valence-corrected chi connectivity index (χ3v) is 4.19. The van der Waals surface area contributed by atoms with Gasteiger partial charge in [-0.3, -0.25) is 0 Å². The van der Waals surface area contributed by atoms with Crippen LogP contribution in [0, 0.1) is 0 Å². The maximum atomic E-state index is 12.5. The van der Waals surface area contributed by atoms with Gasteiger partial charge in [-0.2, -0.15) is 0 Å². The summed E-state index contributed by atoms with van der Waals surface area (Å²) in [6, 6.07) is 3.72. The molecule has 1 atom stereocenters. The molecule has 7 nitrogen and oxygen atoms in total. The Morgan fingerprint density at radius 2 is 2.08 bits per heavy atom. The molecule has 3 heterocycles. The standard InChI is InChI=1S/C17H26N4O3/c1-13-11-21(12-17(2,3)24-13)16(22)19-14-4-5-15(18-10-14)20-6-8-23-9-7-20/h4-5,10,13H,6-9,11-12H2,1-3H3,(H,19,22). The second kappa shape index (κ2) is 6.94. The molecule has 1 N–H and O–H groups in total. The molecule has 2 amide bonds. The minimum Gasteiger partial charge on any atom is -0.378 e. The van der Waals surface area contributed by atoms with Crippen LogP contribution >= 0.6 is 0 Å². The molecule has 0 aliphatic carbocycles. The van der Waals surface area contributed by atoms with Gasteiger partial charge in [0.25, 0.3) is 0 Å². The van der Waals surface area contributed by atoms with Crippen LogP contribution in [0.5, 0.6) is 0 Å². The number of urea groups is 1. The number of nitrogens with one attached hydrogen (secondary N) is 1. The molecule has 0 aromatic carbocycles. The van der Waals surface area contributed by atoms with Crippen molar-refractivity contribution in [3.63, 3.8) is 0 Å². The largest absolute Gasteiger partial charge is 0.378 e. The van der Waals surface area contributed by atoms with Gasteiger partial charge in [0.05, 0.1) is 43.3 Å². The van der Waals surface area contributed by atoms with Crippen LogP contribution in [0.15, 0.2) is 18.3 Å². The van der Waals surface area contributed by atoms with Crippen LogP contribution in [-0.4, -0.2) is 67.0 Å². The van der Waals surface area contributed by atoms with Gasteiger partial charge in [-0.1, -0.05) is 0 Å². The van der Waals surface area contributed by atoms with Gasteiger partial charge < -0.3 is 24.6 Å². The SMILES string of the molecule is CC1CN(C(=O)Nc2ccc(N3CCOCC3)nc2)CC(C)(C)O1. The van der Waals surface area contributed by atoms with Crippen molar-refractivity contribution in [1.29, 1.82) is 0 Å². The Labute approximate surface area is 142 Å². The van der Waals surface area contributed by atoms with Crippen molar-refractivity contribution < 1.29 is 14.3 Å². The lowest BCUT2D eigenvalue weighted by Crippen LogP contribution is -2.54. The summed E-state index contributed by atoms with van der Waals surface area (Å²) in [5, 5.41) is 2.93. The summed E-state index contributed by atoms with van der Waals surface area (Å²) >= 11 is 0. The predicted molar refractivity (Wildman–Crippen MR) is 92.5 cm³/mol. The average Bonchev–Trinajstić information content (AvgIpc) is 2.54. The normalized spacial score (nSPS) is 23.9. The second-order valence-corrected chi connectivity index (χ2v) is 7.00. The van der Waals surface area contributed by atoms with E-state index in [1.807, 2.05) is 32.9 Å². The number of carbonyl (C=O) groups is 1. The van der Waals surface area contributed by atoms with E-state index in [2.05, 4.69) is 15.2 Å². The monoisotopic (exact) mass is 334 g/mol. The zero-order valence-corrected chi connectivity index (χ0v) is 14.6. The smallest absolute Gasteiger partial charge is 0.322 e. The van der Waals surface area contributed by atoms with Crippen LogP contribution in [-0.2, 0) is 9.47 Å². The van der Waals surface area contributed by atoms with Crippen molar-refractivity contribution >= 4 is 17.5 Å². The maximum absolute atomic E-state index is 12.5. The molecule has 0 bridgehead atoms. The van der Waals surface area contributed by atoms with Crippen molar-refractivity contribution in [3.05, 3.63) is 18.3 Å². The van der Waals surface area contributed by atoms with Crippen LogP contribution in [0.1, 0.15) is 20.8 Å². The van der Waals surface area contributed by atoms with E-state index < -0.39 is 0 Å². The zero-order valence-electron chi connectivity index (χ0n) is 14.6. The van der Waals surface area contributed by atoms with Crippen LogP contribution in [0.3, 0.4) is 0 Å². The van der Waals surface area contributed by atoms with E-state index in [0.29, 0.717) is 18.8 Å². The van der Waals surface area contributed by atoms with E-state index in [1.165, 1.54) is 0 Å². The lowest BCUT2D eigenvalue weighted by Gasteiger charge is -2.41. The Balaban J connectivity index is 1.60. The van der Waals surface area contributed by atoms with E-state index in [0.717, 1.165) is 32.1 Å². The fraction of sp³-hybridized carbons (Fsp3) is 0.647. The van der Waals surface area contributed by atoms with Crippen LogP contribution in [0.4, 0.5) is 16.3 Å². The molecule has 2 aliphatic rings. The number of anilines is 2. The lowest BCUT2D eigenvalue weighted by atomic mass is 10.1. The molecule has 1 unspecified atom stereocenters. The lowest BCUT2D eigenvalue weighted by molar-refractivity contribution is -0.116. The topological polar surface area (TPSA) is 66.9 Å². The van der Waals surface area contributed by atoms with Gasteiger partial charge in [0, 0.05) is 19.6 Å². The molecule has 24 heavy (non-hydrogen) atoms. The van der Waals surface area contributed by atoms with Crippen LogP contribution in [0.25, 0.3) is 0 Å². The number of carbonyl (C=O) groups excluding carboxylic acids is 1. The minimum atomic E-state index is -0.326. The number of amides is 2. The first-order valence-electron chi connectivity index (χ1n) is 8.45. The van der Waals surface area contributed by atoms with E-state index >= 15 is 0 Å². The van der Waals surface area contributed by atoms with Crippen molar-refractivity contribution in [2.45, 2.75) is 32.5 Å². The fourth-order valence-corrected chi connectivity index (χ4v) is 3.25. The van der Waals surface area contributed by atoms with Crippen molar-refractivity contribution in [1.82, 2.24) is 9.88 Å². The molecule has 2 aliphatic heterocycles. The third kappa shape index (κ3) is 4.15. The Kier molecular flexibility index (Phi) is 4.91. The Bertz CT molecular complexity index is 570. The number of rotatable bonds is 2. The highest BCUT2D eigenvalue weighted by Crippen LogP contribution is 2.22. The van der Waals surface area contributed by atoms with Gasteiger partial charge in [0.2, 0.25) is 0 Å². The Morgan fingerprint density at radius 3 is 2.71 bits per heavy atom. The summed E-state index contributed by atoms with van der Waals surface area (Å²) in [6.45, 7) is 10.3. The number of pyridine rings is 1. The van der Waals surface area contributed by atoms with Crippen molar-refractivity contribution in [3.8, 4) is 0 Å². The van der Waals surface area contributed by atoms with Gasteiger partial charge in [-0.15, -0.1) is 0 Å². The molecule has 1 aromatic rings. The van der Waals surface area contributed by atoms with E-state index in [4.69, 9.17) is 9.47 Å². The molecule has 2 fully saturated rings. The molecular formula is C17H26N4O3. The average molecular weight is 334 g/mol. The maximum Gasteiger partial charge on any atom is 0.322 e. The molecule has 132 valence electrons. The summed E-state index contributed by atoms with van der Waals surface area (Å²) < 4.78 is 11.2. The summed E-state index contributed by atoms with van der Waals surface area (Å²) in [5.41, 5.74) is 0.377. The highest BCUT2D eigenvalue weighted by atomic mass is 16.5. The first-order valence-corrected chi connectivity index (χ1v) is 8.45. The van der Waals surface area contributed by atoms with Gasteiger partial charge in [0.1, 0.15) is 5.82 Å². The summed E-state index contributed by atoms with van der Waals surface area (Å²) in [6.07, 6.45) is 1.74. The van der Waals surface area contributed by atoms with Gasteiger partial charge >= 0.3 is 6.03 Å². The summed E-state index contributed by atoms with van der Waals surface area (Å²) in [5.74, 6) is 0.914. The predicted octanol–water partition coefficient (Wildman–Crippen LogP) is 1.95. The summed E-state index contributed by atoms with van der Waals surface area (Å²) in [4.78, 5) is 20.9. The highest BCUT2D eigenvalue weighted by Gasteiger charge is 2.33. The number of nitrogens with zero attached hydrogens (tertiary/aromatic N) is 3. The van der Waals surface area contributed by atoms with E-state index in [9.17, 15) is 4.79 Å². The van der Waals surface area contributed by atoms with Crippen molar-refractivity contribution in [2.75, 3.05) is 49.6 Å². The zero-order chi connectivity index (χ0) is 17.2. The van der Waals surface area contributed by atoms with Crippen LogP contribution < -0.4 is 10.2 Å². The molecule has 3 rings (SSSR count). The second-order valence-electron chi connectivity index (χ2n) is 7.00. The van der Waals surface area contributed by atoms with Crippen LogP contribution in [0.2, 0.25) is 0 Å². The molecule has 2 saturated heterocycles. The molecule has 0 spiro atoms. The summed E-state index contributed by atoms with van der Waals surface area (Å²) in [7, 11) is 0. The Hall–Kier alpha value is -1.86. The minimum absolute atomic E-state index is 0.0290. The first kappa shape index (κ1) is 17.0. The highest BCUT2D eigenvalue weighted by molar-refractivity contribution is 5.89.